The number of ether oxygens (including phenoxy) is 1. The molecule has 1 aromatic carbocycles. The van der Waals surface area contributed by atoms with Gasteiger partial charge >= 0.3 is 0 Å². The van der Waals surface area contributed by atoms with Gasteiger partial charge in [0.25, 0.3) is 5.91 Å². The Morgan fingerprint density at radius 3 is 2.71 bits per heavy atom. The van der Waals surface area contributed by atoms with Crippen LogP contribution in [0.15, 0.2) is 24.3 Å². The monoisotopic (exact) mass is 286 g/mol. The van der Waals surface area contributed by atoms with E-state index in [1.54, 1.807) is 24.3 Å². The Bertz CT molecular complexity index is 519. The molecule has 1 aliphatic carbocycles. The summed E-state index contributed by atoms with van der Waals surface area (Å²) in [5, 5.41) is 11.8. The zero-order valence-corrected chi connectivity index (χ0v) is 12.6. The van der Waals surface area contributed by atoms with Gasteiger partial charge in [-0.25, -0.2) is 0 Å². The van der Waals surface area contributed by atoms with Crippen LogP contribution in [0.25, 0.3) is 0 Å². The van der Waals surface area contributed by atoms with Crippen LogP contribution in [0.5, 0.6) is 5.75 Å². The summed E-state index contributed by atoms with van der Waals surface area (Å²) in [5.74, 6) is 1.70. The lowest BCUT2D eigenvalue weighted by Gasteiger charge is -2.34. The molecule has 4 heteroatoms. The van der Waals surface area contributed by atoms with E-state index in [-0.39, 0.29) is 18.6 Å². The normalized spacial score (nSPS) is 24.9. The lowest BCUT2D eigenvalue weighted by molar-refractivity contribution is -0.124. The molecule has 0 aliphatic heterocycles. The molecule has 112 valence electrons. The van der Waals surface area contributed by atoms with Crippen LogP contribution in [0, 0.1) is 23.2 Å². The summed E-state index contributed by atoms with van der Waals surface area (Å²) < 4.78 is 5.45. The van der Waals surface area contributed by atoms with Crippen molar-refractivity contribution in [1.82, 2.24) is 5.32 Å². The molecule has 1 saturated carbocycles. The van der Waals surface area contributed by atoms with E-state index in [0.717, 1.165) is 6.42 Å². The Kier molecular flexibility index (Phi) is 5.21. The maximum absolute atomic E-state index is 12.0. The molecule has 0 heterocycles. The molecule has 0 aromatic heterocycles. The summed E-state index contributed by atoms with van der Waals surface area (Å²) in [4.78, 5) is 12.0. The minimum atomic E-state index is -0.0784. The molecule has 4 nitrogen and oxygen atoms in total. The van der Waals surface area contributed by atoms with Crippen LogP contribution in [0.2, 0.25) is 0 Å². The number of amides is 1. The van der Waals surface area contributed by atoms with E-state index in [0.29, 0.717) is 23.1 Å². The number of carbonyl (C=O) groups excluding carboxylic acids is 1. The first-order chi connectivity index (χ1) is 10.1. The minimum Gasteiger partial charge on any atom is -0.484 e. The van der Waals surface area contributed by atoms with Gasteiger partial charge in [0.1, 0.15) is 5.75 Å². The predicted octanol–water partition coefficient (Wildman–Crippen LogP) is 2.88. The predicted molar refractivity (Wildman–Crippen MR) is 80.8 cm³/mol. The van der Waals surface area contributed by atoms with Crippen molar-refractivity contribution in [2.75, 3.05) is 6.61 Å². The van der Waals surface area contributed by atoms with Crippen LogP contribution in [0.4, 0.5) is 0 Å². The highest BCUT2D eigenvalue weighted by molar-refractivity contribution is 5.77. The summed E-state index contributed by atoms with van der Waals surface area (Å²) in [6, 6.07) is 9.07. The van der Waals surface area contributed by atoms with Gasteiger partial charge in [0.2, 0.25) is 0 Å². The summed E-state index contributed by atoms with van der Waals surface area (Å²) in [5.41, 5.74) is 0.580. The van der Waals surface area contributed by atoms with E-state index < -0.39 is 0 Å². The fourth-order valence-corrected chi connectivity index (χ4v) is 2.81. The second-order valence-corrected chi connectivity index (χ2v) is 5.87. The lowest BCUT2D eigenvalue weighted by Crippen LogP contribution is -2.45. The van der Waals surface area contributed by atoms with E-state index in [1.807, 2.05) is 6.07 Å². The molecular formula is C17H22N2O2. The largest absolute Gasteiger partial charge is 0.484 e. The number of carbonyl (C=O) groups is 1. The quantitative estimate of drug-likeness (QED) is 0.925. The Morgan fingerprint density at radius 2 is 2.05 bits per heavy atom. The molecule has 1 fully saturated rings. The first-order valence-electron chi connectivity index (χ1n) is 7.52. The van der Waals surface area contributed by atoms with Crippen LogP contribution in [-0.2, 0) is 4.79 Å². The highest BCUT2D eigenvalue weighted by atomic mass is 16.5. The summed E-state index contributed by atoms with van der Waals surface area (Å²) in [6.45, 7) is 4.47. The van der Waals surface area contributed by atoms with Gasteiger partial charge in [-0.2, -0.15) is 5.26 Å². The molecule has 0 saturated heterocycles. The zero-order chi connectivity index (χ0) is 15.2. The fourth-order valence-electron chi connectivity index (χ4n) is 2.81. The maximum atomic E-state index is 12.0. The third-order valence-corrected chi connectivity index (χ3v) is 4.41. The molecule has 2 rings (SSSR count). The smallest absolute Gasteiger partial charge is 0.258 e. The van der Waals surface area contributed by atoms with Crippen molar-refractivity contribution in [1.29, 1.82) is 5.26 Å². The number of nitrogens with one attached hydrogen (secondary N) is 1. The molecule has 1 amide bonds. The van der Waals surface area contributed by atoms with Gasteiger partial charge in [-0.3, -0.25) is 4.79 Å². The van der Waals surface area contributed by atoms with Crippen molar-refractivity contribution in [3.05, 3.63) is 29.8 Å². The summed E-state index contributed by atoms with van der Waals surface area (Å²) >= 11 is 0. The van der Waals surface area contributed by atoms with E-state index >= 15 is 0 Å². The van der Waals surface area contributed by atoms with Gasteiger partial charge in [0, 0.05) is 6.04 Å². The first kappa shape index (κ1) is 15.4. The molecule has 1 N–H and O–H groups in total. The third-order valence-electron chi connectivity index (χ3n) is 4.41. The standard InChI is InChI=1S/C17H22N2O2/c1-12-4-3-5-16(13(12)2)19-17(20)11-21-15-8-6-14(10-18)7-9-15/h6-9,12-13,16H,3-5,11H2,1-2H3,(H,19,20)/t12-,13+,16-/m0/s1. The number of nitriles is 1. The van der Waals surface area contributed by atoms with Crippen LogP contribution in [-0.4, -0.2) is 18.6 Å². The fraction of sp³-hybridized carbons (Fsp3) is 0.529. The number of hydrogen-bond donors (Lipinski definition) is 1. The van der Waals surface area contributed by atoms with Crippen molar-refractivity contribution in [3.8, 4) is 11.8 Å². The average molecular weight is 286 g/mol. The van der Waals surface area contributed by atoms with Crippen molar-refractivity contribution in [2.45, 2.75) is 39.2 Å². The van der Waals surface area contributed by atoms with Gasteiger partial charge in [0.15, 0.2) is 6.61 Å². The number of benzene rings is 1. The first-order valence-corrected chi connectivity index (χ1v) is 7.52. The van der Waals surface area contributed by atoms with Crippen LogP contribution < -0.4 is 10.1 Å². The summed E-state index contributed by atoms with van der Waals surface area (Å²) in [6.07, 6.45) is 3.47. The molecule has 0 spiro atoms. The van der Waals surface area contributed by atoms with E-state index in [2.05, 4.69) is 19.2 Å². The minimum absolute atomic E-state index is 0.0174. The molecule has 1 aliphatic rings. The molecule has 21 heavy (non-hydrogen) atoms. The molecule has 3 atom stereocenters. The van der Waals surface area contributed by atoms with Crippen LogP contribution in [0.1, 0.15) is 38.7 Å². The second kappa shape index (κ2) is 7.12. The van der Waals surface area contributed by atoms with Crippen molar-refractivity contribution < 1.29 is 9.53 Å². The topological polar surface area (TPSA) is 62.1 Å². The highest BCUT2D eigenvalue weighted by Gasteiger charge is 2.28. The zero-order valence-electron chi connectivity index (χ0n) is 12.6. The maximum Gasteiger partial charge on any atom is 0.258 e. The van der Waals surface area contributed by atoms with E-state index in [1.165, 1.54) is 12.8 Å². The van der Waals surface area contributed by atoms with Gasteiger partial charge in [-0.1, -0.05) is 26.7 Å². The number of hydrogen-bond acceptors (Lipinski definition) is 3. The Hall–Kier alpha value is -2.02. The van der Waals surface area contributed by atoms with Gasteiger partial charge in [0.05, 0.1) is 11.6 Å². The van der Waals surface area contributed by atoms with E-state index in [9.17, 15) is 4.79 Å². The Morgan fingerprint density at radius 1 is 1.33 bits per heavy atom. The SMILES string of the molecule is C[C@H]1[C@@H](NC(=O)COc2ccc(C#N)cc2)CCC[C@@H]1C. The van der Waals surface area contributed by atoms with Crippen molar-refractivity contribution >= 4 is 5.91 Å². The molecular weight excluding hydrogens is 264 g/mol. The molecule has 1 aromatic rings. The Labute approximate surface area is 126 Å². The molecule has 0 unspecified atom stereocenters. The summed E-state index contributed by atoms with van der Waals surface area (Å²) in [7, 11) is 0. The van der Waals surface area contributed by atoms with E-state index in [4.69, 9.17) is 10.00 Å². The highest BCUT2D eigenvalue weighted by Crippen LogP contribution is 2.29. The molecule has 0 radical (unpaired) electrons. The van der Waals surface area contributed by atoms with Crippen molar-refractivity contribution in [2.24, 2.45) is 11.8 Å². The number of nitrogens with zero attached hydrogens (tertiary/aromatic N) is 1. The van der Waals surface area contributed by atoms with Gasteiger partial charge in [-0.05, 0) is 42.5 Å². The van der Waals surface area contributed by atoms with Crippen LogP contribution >= 0.6 is 0 Å². The second-order valence-electron chi connectivity index (χ2n) is 5.87. The Balaban J connectivity index is 1.80. The lowest BCUT2D eigenvalue weighted by atomic mass is 9.78. The van der Waals surface area contributed by atoms with Gasteiger partial charge < -0.3 is 10.1 Å². The van der Waals surface area contributed by atoms with Crippen molar-refractivity contribution in [3.63, 3.8) is 0 Å². The molecule has 0 bridgehead atoms. The average Bonchev–Trinajstić information content (AvgIpc) is 2.50. The van der Waals surface area contributed by atoms with Gasteiger partial charge in [-0.15, -0.1) is 0 Å². The number of rotatable bonds is 4. The van der Waals surface area contributed by atoms with Crippen LogP contribution in [0.3, 0.4) is 0 Å². The third kappa shape index (κ3) is 4.22.